The first-order valence-corrected chi connectivity index (χ1v) is 10.5. The highest BCUT2D eigenvalue weighted by molar-refractivity contribution is 6.64. The first kappa shape index (κ1) is 15.4. The molecule has 0 bridgehead atoms. The van der Waals surface area contributed by atoms with E-state index >= 15 is 0 Å². The van der Waals surface area contributed by atoms with Crippen LogP contribution in [0.1, 0.15) is 51.4 Å². The van der Waals surface area contributed by atoms with Crippen LogP contribution >= 0.6 is 0 Å². The van der Waals surface area contributed by atoms with Crippen LogP contribution in [-0.4, -0.2) is 43.2 Å². The van der Waals surface area contributed by atoms with Gasteiger partial charge in [-0.1, -0.05) is 0 Å². The van der Waals surface area contributed by atoms with Gasteiger partial charge < -0.3 is 19.1 Å². The van der Waals surface area contributed by atoms with Crippen LogP contribution in [0.25, 0.3) is 0 Å². The highest BCUT2D eigenvalue weighted by Gasteiger charge is 2.34. The van der Waals surface area contributed by atoms with E-state index < -0.39 is 8.56 Å². The predicted octanol–water partition coefficient (Wildman–Crippen LogP) is 2.33. The summed E-state index contributed by atoms with van der Waals surface area (Å²) in [5.74, 6) is 0. The molecule has 0 unspecified atom stereocenters. The Hall–Kier alpha value is 0.0569. The molecule has 4 nitrogen and oxygen atoms in total. The smallest absolute Gasteiger partial charge is 0.332 e. The Kier molecular flexibility index (Phi) is 5.43. The molecule has 0 spiro atoms. The molecule has 2 aliphatic rings. The van der Waals surface area contributed by atoms with E-state index in [9.17, 15) is 10.2 Å². The highest BCUT2D eigenvalue weighted by Crippen LogP contribution is 2.28. The molecule has 0 amide bonds. The van der Waals surface area contributed by atoms with Gasteiger partial charge in [0.25, 0.3) is 0 Å². The van der Waals surface area contributed by atoms with E-state index in [0.717, 1.165) is 51.4 Å². The van der Waals surface area contributed by atoms with E-state index in [-0.39, 0.29) is 24.4 Å². The Morgan fingerprint density at radius 3 is 1.32 bits per heavy atom. The minimum absolute atomic E-state index is 0.134. The fraction of sp³-hybridized carbons (Fsp3) is 1.00. The molecule has 0 aromatic heterocycles. The number of rotatable bonds is 4. The summed E-state index contributed by atoms with van der Waals surface area (Å²) < 4.78 is 12.4. The Balaban J connectivity index is 1.74. The zero-order valence-corrected chi connectivity index (χ0v) is 13.2. The molecule has 2 fully saturated rings. The molecule has 5 heteroatoms. The van der Waals surface area contributed by atoms with Gasteiger partial charge in [0, 0.05) is 12.2 Å². The molecule has 0 atom stereocenters. The maximum absolute atomic E-state index is 9.51. The molecular weight excluding hydrogens is 260 g/mol. The quantitative estimate of drug-likeness (QED) is 0.780. The van der Waals surface area contributed by atoms with E-state index in [0.29, 0.717) is 0 Å². The van der Waals surface area contributed by atoms with Crippen LogP contribution < -0.4 is 0 Å². The second-order valence-corrected chi connectivity index (χ2v) is 9.77. The van der Waals surface area contributed by atoms with Crippen molar-refractivity contribution in [2.24, 2.45) is 0 Å². The Labute approximate surface area is 117 Å². The van der Waals surface area contributed by atoms with E-state index in [1.54, 1.807) is 0 Å². The van der Waals surface area contributed by atoms with E-state index in [2.05, 4.69) is 13.1 Å². The summed E-state index contributed by atoms with van der Waals surface area (Å²) in [4.78, 5) is 0. The third-order valence-corrected chi connectivity index (χ3v) is 5.99. The molecule has 2 saturated carbocycles. The first-order chi connectivity index (χ1) is 8.94. The molecule has 2 rings (SSSR count). The standard InChI is InChI=1S/C14H28O4Si/c1-19(2,17-13-7-3-11(15)4-8-13)18-14-9-5-12(16)6-10-14/h11-16H,3-10H2,1-2H3. The summed E-state index contributed by atoms with van der Waals surface area (Å²) in [5, 5.41) is 19.0. The molecule has 0 aliphatic heterocycles. The van der Waals surface area contributed by atoms with Crippen LogP contribution in [0, 0.1) is 0 Å². The molecule has 2 N–H and O–H groups in total. The molecule has 0 aromatic carbocycles. The second-order valence-electron chi connectivity index (χ2n) is 6.50. The normalized spacial score (nSPS) is 37.3. The lowest BCUT2D eigenvalue weighted by atomic mass is 9.95. The maximum atomic E-state index is 9.51. The average Bonchev–Trinajstić information content (AvgIpc) is 2.34. The minimum atomic E-state index is -2.09. The van der Waals surface area contributed by atoms with Crippen molar-refractivity contribution in [1.82, 2.24) is 0 Å². The van der Waals surface area contributed by atoms with Crippen LogP contribution in [-0.2, 0) is 8.85 Å². The minimum Gasteiger partial charge on any atom is -0.393 e. The van der Waals surface area contributed by atoms with Crippen molar-refractivity contribution in [3.8, 4) is 0 Å². The first-order valence-electron chi connectivity index (χ1n) is 7.66. The van der Waals surface area contributed by atoms with Gasteiger partial charge in [0.1, 0.15) is 0 Å². The van der Waals surface area contributed by atoms with Gasteiger partial charge in [-0.15, -0.1) is 0 Å². The van der Waals surface area contributed by atoms with Crippen molar-refractivity contribution in [3.63, 3.8) is 0 Å². The molecule has 0 aromatic rings. The van der Waals surface area contributed by atoms with Gasteiger partial charge in [0.15, 0.2) is 0 Å². The Bertz CT molecular complexity index is 243. The Morgan fingerprint density at radius 1 is 0.684 bits per heavy atom. The third kappa shape index (κ3) is 5.15. The summed E-state index contributed by atoms with van der Waals surface area (Å²) in [6.45, 7) is 4.23. The highest BCUT2D eigenvalue weighted by atomic mass is 28.4. The fourth-order valence-corrected chi connectivity index (χ4v) is 5.29. The fourth-order valence-electron chi connectivity index (χ4n) is 3.16. The number of hydrogen-bond donors (Lipinski definition) is 2. The summed E-state index contributed by atoms with van der Waals surface area (Å²) in [5.41, 5.74) is 0. The maximum Gasteiger partial charge on any atom is 0.332 e. The third-order valence-electron chi connectivity index (χ3n) is 4.19. The molecule has 112 valence electrons. The SMILES string of the molecule is C[Si](C)(OC1CCC(O)CC1)OC1CCC(O)CC1. The van der Waals surface area contributed by atoms with Crippen LogP contribution in [0.2, 0.25) is 13.1 Å². The van der Waals surface area contributed by atoms with Crippen molar-refractivity contribution in [2.75, 3.05) is 0 Å². The zero-order chi connectivity index (χ0) is 13.9. The van der Waals surface area contributed by atoms with Gasteiger partial charge in [-0.3, -0.25) is 0 Å². The van der Waals surface area contributed by atoms with Crippen molar-refractivity contribution in [2.45, 2.75) is 88.9 Å². The van der Waals surface area contributed by atoms with Gasteiger partial charge >= 0.3 is 8.56 Å². The van der Waals surface area contributed by atoms with Crippen LogP contribution in [0.4, 0.5) is 0 Å². The van der Waals surface area contributed by atoms with Crippen LogP contribution in [0.15, 0.2) is 0 Å². The Morgan fingerprint density at radius 2 is 1.00 bits per heavy atom. The van der Waals surface area contributed by atoms with Crippen LogP contribution in [0.3, 0.4) is 0 Å². The molecule has 0 saturated heterocycles. The lowest BCUT2D eigenvalue weighted by Gasteiger charge is -2.36. The topological polar surface area (TPSA) is 58.9 Å². The van der Waals surface area contributed by atoms with Crippen molar-refractivity contribution in [3.05, 3.63) is 0 Å². The number of hydrogen-bond acceptors (Lipinski definition) is 4. The summed E-state index contributed by atoms with van der Waals surface area (Å²) in [6.07, 6.45) is 7.46. The van der Waals surface area contributed by atoms with Gasteiger partial charge in [-0.25, -0.2) is 0 Å². The van der Waals surface area contributed by atoms with Crippen molar-refractivity contribution < 1.29 is 19.1 Å². The van der Waals surface area contributed by atoms with Crippen molar-refractivity contribution >= 4 is 8.56 Å². The molecule has 19 heavy (non-hydrogen) atoms. The van der Waals surface area contributed by atoms with Crippen LogP contribution in [0.5, 0.6) is 0 Å². The average molecular weight is 288 g/mol. The lowest BCUT2D eigenvalue weighted by Crippen LogP contribution is -2.44. The number of aliphatic hydroxyl groups excluding tert-OH is 2. The molecule has 0 heterocycles. The predicted molar refractivity (Wildman–Crippen MR) is 76.2 cm³/mol. The number of aliphatic hydroxyl groups is 2. The summed E-state index contributed by atoms with van der Waals surface area (Å²) >= 11 is 0. The van der Waals surface area contributed by atoms with Gasteiger partial charge in [-0.2, -0.15) is 0 Å². The summed E-state index contributed by atoms with van der Waals surface area (Å²) in [7, 11) is -2.09. The lowest BCUT2D eigenvalue weighted by molar-refractivity contribution is 0.0124. The van der Waals surface area contributed by atoms with E-state index in [1.807, 2.05) is 0 Å². The van der Waals surface area contributed by atoms with E-state index in [1.165, 1.54) is 0 Å². The molecule has 0 radical (unpaired) electrons. The molecule has 2 aliphatic carbocycles. The van der Waals surface area contributed by atoms with Gasteiger partial charge in [0.05, 0.1) is 12.2 Å². The second kappa shape index (κ2) is 6.67. The van der Waals surface area contributed by atoms with Crippen molar-refractivity contribution in [1.29, 1.82) is 0 Å². The van der Waals surface area contributed by atoms with E-state index in [4.69, 9.17) is 8.85 Å². The van der Waals surface area contributed by atoms with Gasteiger partial charge in [-0.05, 0) is 64.5 Å². The largest absolute Gasteiger partial charge is 0.393 e. The monoisotopic (exact) mass is 288 g/mol. The summed E-state index contributed by atoms with van der Waals surface area (Å²) in [6, 6.07) is 0. The molecular formula is C14H28O4Si. The van der Waals surface area contributed by atoms with Gasteiger partial charge in [0.2, 0.25) is 0 Å². The zero-order valence-electron chi connectivity index (χ0n) is 12.2.